The molecule has 2 nitrogen and oxygen atoms in total. The molecule has 0 bridgehead atoms. The molecule has 90 valence electrons. The second-order valence-electron chi connectivity index (χ2n) is 4.61. The van der Waals surface area contributed by atoms with Crippen LogP contribution in [0.3, 0.4) is 0 Å². The molecule has 1 atom stereocenters. The molecule has 1 N–H and O–H groups in total. The molecule has 17 heavy (non-hydrogen) atoms. The van der Waals surface area contributed by atoms with E-state index in [4.69, 9.17) is 0 Å². The predicted octanol–water partition coefficient (Wildman–Crippen LogP) is 3.58. The van der Waals surface area contributed by atoms with Gasteiger partial charge in [0.25, 0.3) is 0 Å². The molecule has 0 aromatic heterocycles. The van der Waals surface area contributed by atoms with Crippen molar-refractivity contribution in [2.45, 2.75) is 36.2 Å². The van der Waals surface area contributed by atoms with Crippen LogP contribution >= 0.6 is 27.7 Å². The fourth-order valence-corrected chi connectivity index (χ4v) is 2.74. The van der Waals surface area contributed by atoms with Gasteiger partial charge in [-0.3, -0.25) is 5.32 Å². The number of halogens is 1. The van der Waals surface area contributed by atoms with E-state index >= 15 is 0 Å². The minimum absolute atomic E-state index is 0.418. The Hall–Kier alpha value is -0.500. The van der Waals surface area contributed by atoms with Gasteiger partial charge in [0.2, 0.25) is 0 Å². The summed E-state index contributed by atoms with van der Waals surface area (Å²) in [5.41, 5.74) is -0.418. The van der Waals surface area contributed by atoms with E-state index in [1.807, 2.05) is 19.1 Å². The van der Waals surface area contributed by atoms with Crippen molar-refractivity contribution in [2.24, 2.45) is 0 Å². The van der Waals surface area contributed by atoms with E-state index in [1.165, 1.54) is 17.7 Å². The maximum Gasteiger partial charge on any atom is 0.113 e. The third-order valence-electron chi connectivity index (χ3n) is 2.69. The summed E-state index contributed by atoms with van der Waals surface area (Å²) in [6.07, 6.45) is 2.42. The molecule has 1 unspecified atom stereocenters. The third kappa shape index (κ3) is 4.02. The van der Waals surface area contributed by atoms with Crippen molar-refractivity contribution in [1.29, 1.82) is 5.26 Å². The number of nitrogens with one attached hydrogen (secondary N) is 1. The first kappa shape index (κ1) is 12.9. The van der Waals surface area contributed by atoms with Crippen LogP contribution < -0.4 is 5.32 Å². The molecule has 1 aliphatic rings. The zero-order valence-corrected chi connectivity index (χ0v) is 12.1. The van der Waals surface area contributed by atoms with Gasteiger partial charge in [0.1, 0.15) is 5.54 Å². The van der Waals surface area contributed by atoms with Gasteiger partial charge in [-0.25, -0.2) is 0 Å². The highest BCUT2D eigenvalue weighted by molar-refractivity contribution is 9.10. The number of nitriles is 1. The molecule has 0 aliphatic heterocycles. The van der Waals surface area contributed by atoms with Crippen LogP contribution in [0.2, 0.25) is 0 Å². The Morgan fingerprint density at radius 1 is 1.47 bits per heavy atom. The molecule has 1 aromatic rings. The molecule has 2 rings (SSSR count). The minimum Gasteiger partial charge on any atom is -0.296 e. The fraction of sp³-hybridized carbons (Fsp3) is 0.462. The van der Waals surface area contributed by atoms with Crippen molar-refractivity contribution in [3.63, 3.8) is 0 Å². The smallest absolute Gasteiger partial charge is 0.113 e. The van der Waals surface area contributed by atoms with E-state index in [9.17, 15) is 5.26 Å². The normalized spacial score (nSPS) is 18.4. The summed E-state index contributed by atoms with van der Waals surface area (Å²) in [5.74, 6) is 0.779. The van der Waals surface area contributed by atoms with Gasteiger partial charge in [-0.05, 0) is 44.0 Å². The summed E-state index contributed by atoms with van der Waals surface area (Å²) < 4.78 is 1.08. The van der Waals surface area contributed by atoms with Gasteiger partial charge in [-0.15, -0.1) is 11.8 Å². The lowest BCUT2D eigenvalue weighted by atomic mass is 10.1. The quantitative estimate of drug-likeness (QED) is 0.844. The van der Waals surface area contributed by atoms with Gasteiger partial charge in [0, 0.05) is 21.2 Å². The Balaban J connectivity index is 1.91. The average molecular weight is 311 g/mol. The topological polar surface area (TPSA) is 35.8 Å². The third-order valence-corrected chi connectivity index (χ3v) is 4.54. The van der Waals surface area contributed by atoms with E-state index in [0.717, 1.165) is 10.2 Å². The van der Waals surface area contributed by atoms with Crippen LogP contribution in [0.5, 0.6) is 0 Å². The summed E-state index contributed by atoms with van der Waals surface area (Å²) in [6, 6.07) is 11.2. The molecule has 1 fully saturated rings. The van der Waals surface area contributed by atoms with Gasteiger partial charge in [0.15, 0.2) is 0 Å². The Morgan fingerprint density at radius 2 is 2.12 bits per heavy atom. The molecular weight excluding hydrogens is 296 g/mol. The first-order valence-corrected chi connectivity index (χ1v) is 7.46. The van der Waals surface area contributed by atoms with Gasteiger partial charge in [-0.2, -0.15) is 5.26 Å². The van der Waals surface area contributed by atoms with Crippen LogP contribution in [-0.4, -0.2) is 17.3 Å². The van der Waals surface area contributed by atoms with Crippen LogP contribution in [0, 0.1) is 11.3 Å². The van der Waals surface area contributed by atoms with E-state index < -0.39 is 5.54 Å². The second-order valence-corrected chi connectivity index (χ2v) is 6.57. The molecule has 1 saturated carbocycles. The molecule has 0 heterocycles. The van der Waals surface area contributed by atoms with Crippen molar-refractivity contribution < 1.29 is 0 Å². The van der Waals surface area contributed by atoms with Crippen LogP contribution in [-0.2, 0) is 0 Å². The van der Waals surface area contributed by atoms with Crippen molar-refractivity contribution >= 4 is 27.7 Å². The summed E-state index contributed by atoms with van der Waals surface area (Å²) >= 11 is 5.14. The largest absolute Gasteiger partial charge is 0.296 e. The molecule has 0 amide bonds. The summed E-state index contributed by atoms with van der Waals surface area (Å²) in [7, 11) is 0. The van der Waals surface area contributed by atoms with Gasteiger partial charge in [-0.1, -0.05) is 15.9 Å². The van der Waals surface area contributed by atoms with Crippen molar-refractivity contribution in [3.05, 3.63) is 28.7 Å². The predicted molar refractivity (Wildman–Crippen MR) is 75.0 cm³/mol. The van der Waals surface area contributed by atoms with Gasteiger partial charge in [0.05, 0.1) is 6.07 Å². The molecule has 0 radical (unpaired) electrons. The van der Waals surface area contributed by atoms with E-state index in [1.54, 1.807) is 11.8 Å². The molecular formula is C13H15BrN2S. The summed E-state index contributed by atoms with van der Waals surface area (Å²) in [4.78, 5) is 1.20. The van der Waals surface area contributed by atoms with Crippen molar-refractivity contribution in [1.82, 2.24) is 5.32 Å². The Morgan fingerprint density at radius 3 is 2.65 bits per heavy atom. The van der Waals surface area contributed by atoms with Gasteiger partial charge >= 0.3 is 0 Å². The standard InChI is InChI=1S/C13H15BrN2S/c1-13(8-15,16-11-4-5-11)9-17-12-6-2-10(14)3-7-12/h2-3,6-7,11,16H,4-5,9H2,1H3. The highest BCUT2D eigenvalue weighted by Gasteiger charge is 2.32. The second kappa shape index (κ2) is 5.43. The molecule has 1 aliphatic carbocycles. The van der Waals surface area contributed by atoms with Crippen LogP contribution in [0.25, 0.3) is 0 Å². The first-order chi connectivity index (χ1) is 8.11. The maximum atomic E-state index is 9.25. The van der Waals surface area contributed by atoms with Crippen molar-refractivity contribution in [2.75, 3.05) is 5.75 Å². The number of hydrogen-bond donors (Lipinski definition) is 1. The zero-order valence-electron chi connectivity index (χ0n) is 9.74. The van der Waals surface area contributed by atoms with E-state index in [0.29, 0.717) is 6.04 Å². The van der Waals surface area contributed by atoms with Gasteiger partial charge < -0.3 is 0 Å². The SMILES string of the molecule is CC(C#N)(CSc1ccc(Br)cc1)NC1CC1. The molecule has 1 aromatic carbocycles. The highest BCUT2D eigenvalue weighted by Crippen LogP contribution is 2.27. The lowest BCUT2D eigenvalue weighted by molar-refractivity contribution is 0.490. The number of hydrogen-bond acceptors (Lipinski definition) is 3. The Kier molecular flexibility index (Phi) is 4.13. The summed E-state index contributed by atoms with van der Waals surface area (Å²) in [5, 5.41) is 12.7. The highest BCUT2D eigenvalue weighted by atomic mass is 79.9. The Bertz CT molecular complexity index is 422. The van der Waals surface area contributed by atoms with Crippen LogP contribution in [0.4, 0.5) is 0 Å². The van der Waals surface area contributed by atoms with Crippen LogP contribution in [0.1, 0.15) is 19.8 Å². The Labute approximate surface area is 115 Å². The number of thioether (sulfide) groups is 1. The minimum atomic E-state index is -0.418. The lowest BCUT2D eigenvalue weighted by Gasteiger charge is -2.22. The van der Waals surface area contributed by atoms with Crippen LogP contribution in [0.15, 0.2) is 33.6 Å². The van der Waals surface area contributed by atoms with E-state index in [2.05, 4.69) is 39.4 Å². The lowest BCUT2D eigenvalue weighted by Crippen LogP contribution is -2.44. The fourth-order valence-electron chi connectivity index (χ4n) is 1.54. The monoisotopic (exact) mass is 310 g/mol. The van der Waals surface area contributed by atoms with E-state index in [-0.39, 0.29) is 0 Å². The number of nitrogens with zero attached hydrogens (tertiary/aromatic N) is 1. The average Bonchev–Trinajstić information content (AvgIpc) is 3.12. The number of benzene rings is 1. The first-order valence-electron chi connectivity index (χ1n) is 5.69. The number of rotatable bonds is 5. The molecule has 0 spiro atoms. The van der Waals surface area contributed by atoms with Crippen molar-refractivity contribution in [3.8, 4) is 6.07 Å². The molecule has 4 heteroatoms. The zero-order chi connectivity index (χ0) is 12.3. The molecule has 0 saturated heterocycles. The summed E-state index contributed by atoms with van der Waals surface area (Å²) in [6.45, 7) is 1.98. The maximum absolute atomic E-state index is 9.25.